The number of halogens is 1. The molecule has 4 heteroatoms. The SMILES string of the molecule is C=CCl.OCC(O)CO. The van der Waals surface area contributed by atoms with E-state index in [0.29, 0.717) is 0 Å². The van der Waals surface area contributed by atoms with Crippen molar-refractivity contribution in [2.75, 3.05) is 13.2 Å². The van der Waals surface area contributed by atoms with Crippen molar-refractivity contribution in [3.63, 3.8) is 0 Å². The summed E-state index contributed by atoms with van der Waals surface area (Å²) in [4.78, 5) is 0. The summed E-state index contributed by atoms with van der Waals surface area (Å²) < 4.78 is 0. The van der Waals surface area contributed by atoms with E-state index >= 15 is 0 Å². The smallest absolute Gasteiger partial charge is 0.100 e. The first-order valence-corrected chi connectivity index (χ1v) is 2.77. The second kappa shape index (κ2) is 10.8. The Morgan fingerprint density at radius 1 is 1.44 bits per heavy atom. The molecule has 3 nitrogen and oxygen atoms in total. The van der Waals surface area contributed by atoms with Crippen LogP contribution < -0.4 is 0 Å². The van der Waals surface area contributed by atoms with Gasteiger partial charge >= 0.3 is 0 Å². The van der Waals surface area contributed by atoms with E-state index in [1.807, 2.05) is 0 Å². The maximum atomic E-state index is 8.17. The Labute approximate surface area is 59.2 Å². The normalized spacial score (nSPS) is 8.11. The Morgan fingerprint density at radius 2 is 1.67 bits per heavy atom. The van der Waals surface area contributed by atoms with Gasteiger partial charge in [0.2, 0.25) is 0 Å². The molecule has 0 aliphatic rings. The lowest BCUT2D eigenvalue weighted by Crippen LogP contribution is -2.15. The molecular formula is C5H11ClO3. The number of hydrogen-bond acceptors (Lipinski definition) is 3. The van der Waals surface area contributed by atoms with Gasteiger partial charge in [0.05, 0.1) is 13.2 Å². The molecule has 0 spiro atoms. The van der Waals surface area contributed by atoms with Crippen molar-refractivity contribution in [2.24, 2.45) is 0 Å². The van der Waals surface area contributed by atoms with Gasteiger partial charge in [-0.2, -0.15) is 0 Å². The molecule has 0 bridgehead atoms. The zero-order chi connectivity index (χ0) is 7.70. The van der Waals surface area contributed by atoms with Gasteiger partial charge in [-0.3, -0.25) is 0 Å². The fraction of sp³-hybridized carbons (Fsp3) is 0.600. The van der Waals surface area contributed by atoms with E-state index in [0.717, 1.165) is 0 Å². The van der Waals surface area contributed by atoms with Crippen LogP contribution in [0.15, 0.2) is 12.1 Å². The minimum Gasteiger partial charge on any atom is -0.394 e. The maximum absolute atomic E-state index is 8.17. The van der Waals surface area contributed by atoms with Gasteiger partial charge in [0.1, 0.15) is 6.10 Å². The molecule has 0 atom stereocenters. The molecule has 0 aliphatic heterocycles. The summed E-state index contributed by atoms with van der Waals surface area (Å²) in [6.45, 7) is 2.40. The van der Waals surface area contributed by atoms with Gasteiger partial charge in [0.15, 0.2) is 0 Å². The summed E-state index contributed by atoms with van der Waals surface area (Å²) in [5.74, 6) is 0. The lowest BCUT2D eigenvalue weighted by molar-refractivity contribution is 0.0450. The number of rotatable bonds is 2. The van der Waals surface area contributed by atoms with Crippen molar-refractivity contribution in [1.82, 2.24) is 0 Å². The number of aliphatic hydroxyl groups is 3. The molecule has 0 unspecified atom stereocenters. The Bertz CT molecular complexity index is 54.2. The first-order valence-electron chi connectivity index (χ1n) is 2.33. The van der Waals surface area contributed by atoms with Crippen LogP contribution in [0.2, 0.25) is 0 Å². The third-order valence-corrected chi connectivity index (χ3v) is 0.421. The summed E-state index contributed by atoms with van der Waals surface area (Å²) in [7, 11) is 0. The highest BCUT2D eigenvalue weighted by Gasteiger charge is 1.93. The summed E-state index contributed by atoms with van der Waals surface area (Å²) in [6, 6.07) is 0. The van der Waals surface area contributed by atoms with Crippen LogP contribution in [0.3, 0.4) is 0 Å². The summed E-state index contributed by atoms with van der Waals surface area (Å²) in [6.07, 6.45) is -0.954. The summed E-state index contributed by atoms with van der Waals surface area (Å²) in [5.41, 5.74) is 1.22. The van der Waals surface area contributed by atoms with Gasteiger partial charge in [0.25, 0.3) is 0 Å². The number of aliphatic hydroxyl groups excluding tert-OH is 3. The van der Waals surface area contributed by atoms with Gasteiger partial charge in [-0.05, 0) is 5.54 Å². The lowest BCUT2D eigenvalue weighted by Gasteiger charge is -1.96. The van der Waals surface area contributed by atoms with Crippen LogP contribution in [0.4, 0.5) is 0 Å². The Balaban J connectivity index is 0. The summed E-state index contributed by atoms with van der Waals surface area (Å²) in [5, 5.41) is 24.0. The minimum absolute atomic E-state index is 0.365. The molecule has 0 radical (unpaired) electrons. The minimum atomic E-state index is -0.954. The highest BCUT2D eigenvalue weighted by Crippen LogP contribution is 1.71. The van der Waals surface area contributed by atoms with Crippen LogP contribution >= 0.6 is 11.6 Å². The van der Waals surface area contributed by atoms with Gasteiger partial charge in [0, 0.05) is 0 Å². The standard InChI is InChI=1S/C3H8O3.C2H3Cl/c4-1-3(6)2-5;1-2-3/h3-6H,1-2H2;2H,1H2. The predicted octanol–water partition coefficient (Wildman–Crippen LogP) is -0.299. The highest BCUT2D eigenvalue weighted by molar-refractivity contribution is 6.25. The van der Waals surface area contributed by atoms with E-state index < -0.39 is 6.10 Å². The van der Waals surface area contributed by atoms with Crippen LogP contribution in [0.1, 0.15) is 0 Å². The Kier molecular flexibility index (Phi) is 14.0. The molecule has 0 amide bonds. The van der Waals surface area contributed by atoms with Gasteiger partial charge < -0.3 is 15.3 Å². The van der Waals surface area contributed by atoms with Crippen LogP contribution in [0, 0.1) is 0 Å². The largest absolute Gasteiger partial charge is 0.394 e. The third-order valence-electron chi connectivity index (χ3n) is 0.421. The summed E-state index contributed by atoms with van der Waals surface area (Å²) >= 11 is 4.76. The molecule has 0 aliphatic carbocycles. The molecule has 0 aromatic heterocycles. The first kappa shape index (κ1) is 11.7. The quantitative estimate of drug-likeness (QED) is 0.512. The van der Waals surface area contributed by atoms with E-state index in [2.05, 4.69) is 6.58 Å². The van der Waals surface area contributed by atoms with Crippen molar-refractivity contribution in [3.05, 3.63) is 12.1 Å². The first-order chi connectivity index (χ1) is 4.22. The fourth-order valence-corrected chi connectivity index (χ4v) is 0.0577. The fourth-order valence-electron chi connectivity index (χ4n) is 0.0577. The second-order valence-electron chi connectivity index (χ2n) is 1.17. The molecule has 0 heterocycles. The lowest BCUT2D eigenvalue weighted by atomic mass is 10.4. The zero-order valence-electron chi connectivity index (χ0n) is 5.00. The van der Waals surface area contributed by atoms with Crippen molar-refractivity contribution >= 4 is 11.6 Å². The van der Waals surface area contributed by atoms with Crippen molar-refractivity contribution in [3.8, 4) is 0 Å². The van der Waals surface area contributed by atoms with E-state index in [4.69, 9.17) is 26.9 Å². The monoisotopic (exact) mass is 154 g/mol. The average Bonchev–Trinajstić information content (AvgIpc) is 1.88. The molecule has 0 rings (SSSR count). The number of hydrogen-bond donors (Lipinski definition) is 3. The van der Waals surface area contributed by atoms with Gasteiger partial charge in [-0.15, -0.1) is 0 Å². The topological polar surface area (TPSA) is 60.7 Å². The molecule has 0 saturated heterocycles. The molecular weight excluding hydrogens is 144 g/mol. The highest BCUT2D eigenvalue weighted by atomic mass is 35.5. The van der Waals surface area contributed by atoms with E-state index in [9.17, 15) is 0 Å². The van der Waals surface area contributed by atoms with Crippen LogP contribution in [-0.2, 0) is 0 Å². The molecule has 0 fully saturated rings. The Morgan fingerprint density at radius 3 is 1.67 bits per heavy atom. The van der Waals surface area contributed by atoms with Crippen LogP contribution in [0.25, 0.3) is 0 Å². The maximum Gasteiger partial charge on any atom is 0.100 e. The van der Waals surface area contributed by atoms with Crippen molar-refractivity contribution < 1.29 is 15.3 Å². The van der Waals surface area contributed by atoms with Crippen molar-refractivity contribution in [2.45, 2.75) is 6.10 Å². The third kappa shape index (κ3) is 18.1. The molecule has 56 valence electrons. The molecule has 0 saturated carbocycles. The van der Waals surface area contributed by atoms with E-state index in [1.54, 1.807) is 0 Å². The van der Waals surface area contributed by atoms with E-state index in [-0.39, 0.29) is 13.2 Å². The predicted molar refractivity (Wildman–Crippen MR) is 36.2 cm³/mol. The zero-order valence-corrected chi connectivity index (χ0v) is 5.75. The second-order valence-corrected chi connectivity index (χ2v) is 1.48. The van der Waals surface area contributed by atoms with Crippen molar-refractivity contribution in [1.29, 1.82) is 0 Å². The van der Waals surface area contributed by atoms with E-state index in [1.165, 1.54) is 5.54 Å². The van der Waals surface area contributed by atoms with Gasteiger partial charge in [-0.1, -0.05) is 18.2 Å². The molecule has 9 heavy (non-hydrogen) atoms. The average molecular weight is 155 g/mol. The molecule has 3 N–H and O–H groups in total. The Hall–Kier alpha value is -0.0900. The van der Waals surface area contributed by atoms with Crippen LogP contribution in [0.5, 0.6) is 0 Å². The molecule has 0 aromatic rings. The van der Waals surface area contributed by atoms with Gasteiger partial charge in [-0.25, -0.2) is 0 Å². The molecule has 0 aromatic carbocycles. The van der Waals surface area contributed by atoms with Crippen LogP contribution in [-0.4, -0.2) is 34.6 Å².